The molecule has 0 atom stereocenters. The van der Waals surface area contributed by atoms with Gasteiger partial charge in [-0.25, -0.2) is 4.79 Å². The van der Waals surface area contributed by atoms with Crippen LogP contribution in [0.15, 0.2) is 0 Å². The van der Waals surface area contributed by atoms with Gasteiger partial charge in [0.1, 0.15) is 12.1 Å². The number of imide groups is 1. The second-order valence-electron chi connectivity index (χ2n) is 7.28. The number of amides is 4. The van der Waals surface area contributed by atoms with Crippen LogP contribution in [0.3, 0.4) is 0 Å². The minimum atomic E-state index is -0.743. The minimum Gasteiger partial charge on any atom is -0.349 e. The summed E-state index contributed by atoms with van der Waals surface area (Å²) in [6, 6.07) is -0.418. The molecular weight excluding hydrogens is 282 g/mol. The molecule has 0 radical (unpaired) electrons. The van der Waals surface area contributed by atoms with Crippen LogP contribution in [0, 0.1) is 0 Å². The topological polar surface area (TPSA) is 78.5 Å². The van der Waals surface area contributed by atoms with Crippen LogP contribution in [0.1, 0.15) is 64.7 Å². The number of rotatable bonds is 3. The summed E-state index contributed by atoms with van der Waals surface area (Å²) in [7, 11) is 0. The second kappa shape index (κ2) is 5.56. The second-order valence-corrected chi connectivity index (χ2v) is 7.28. The van der Waals surface area contributed by atoms with Gasteiger partial charge in [0.2, 0.25) is 5.91 Å². The largest absolute Gasteiger partial charge is 0.349 e. The quantitative estimate of drug-likeness (QED) is 0.779. The van der Waals surface area contributed by atoms with Crippen molar-refractivity contribution < 1.29 is 14.4 Å². The molecule has 3 rings (SSSR count). The summed E-state index contributed by atoms with van der Waals surface area (Å²) < 4.78 is 0. The molecule has 2 N–H and O–H groups in total. The Morgan fingerprint density at radius 2 is 1.68 bits per heavy atom. The van der Waals surface area contributed by atoms with Crippen LogP contribution in [0.2, 0.25) is 0 Å². The Morgan fingerprint density at radius 3 is 2.32 bits per heavy atom. The van der Waals surface area contributed by atoms with E-state index in [9.17, 15) is 14.4 Å². The van der Waals surface area contributed by atoms with Crippen molar-refractivity contribution in [2.75, 3.05) is 6.54 Å². The first-order valence-electron chi connectivity index (χ1n) is 8.39. The fraction of sp³-hybridized carbons (Fsp3) is 0.812. The number of hydrogen-bond donors (Lipinski definition) is 2. The van der Waals surface area contributed by atoms with Crippen molar-refractivity contribution in [3.8, 4) is 0 Å². The third-order valence-electron chi connectivity index (χ3n) is 5.40. The first-order valence-corrected chi connectivity index (χ1v) is 8.39. The van der Waals surface area contributed by atoms with E-state index in [0.29, 0.717) is 12.8 Å². The molecule has 1 spiro atoms. The van der Waals surface area contributed by atoms with Gasteiger partial charge in [0, 0.05) is 5.54 Å². The number of urea groups is 1. The van der Waals surface area contributed by atoms with Crippen molar-refractivity contribution in [3.05, 3.63) is 0 Å². The summed E-state index contributed by atoms with van der Waals surface area (Å²) in [5.41, 5.74) is -0.925. The lowest BCUT2D eigenvalue weighted by Crippen LogP contribution is -2.50. The lowest BCUT2D eigenvalue weighted by atomic mass is 9.82. The maximum absolute atomic E-state index is 12.6. The zero-order valence-corrected chi connectivity index (χ0v) is 13.2. The highest BCUT2D eigenvalue weighted by molar-refractivity contribution is 6.09. The molecule has 0 aromatic heterocycles. The Balaban J connectivity index is 1.63. The average molecular weight is 307 g/mol. The molecule has 1 aliphatic heterocycles. The molecule has 1 heterocycles. The summed E-state index contributed by atoms with van der Waals surface area (Å²) >= 11 is 0. The molecule has 6 heteroatoms. The molecule has 3 aliphatic rings. The van der Waals surface area contributed by atoms with E-state index in [-0.39, 0.29) is 23.9 Å². The molecule has 22 heavy (non-hydrogen) atoms. The Labute approximate surface area is 131 Å². The molecule has 0 aromatic carbocycles. The summed E-state index contributed by atoms with van der Waals surface area (Å²) in [6.45, 7) is 1.87. The molecule has 1 saturated heterocycles. The van der Waals surface area contributed by atoms with Crippen LogP contribution in [0.25, 0.3) is 0 Å². The van der Waals surface area contributed by atoms with Gasteiger partial charge in [-0.05, 0) is 32.6 Å². The van der Waals surface area contributed by atoms with Crippen LogP contribution in [-0.4, -0.2) is 40.4 Å². The molecule has 2 saturated carbocycles. The van der Waals surface area contributed by atoms with Crippen molar-refractivity contribution in [3.63, 3.8) is 0 Å². The molecule has 0 unspecified atom stereocenters. The number of carbonyl (C=O) groups excluding carboxylic acids is 3. The Hall–Kier alpha value is -1.59. The van der Waals surface area contributed by atoms with Crippen LogP contribution < -0.4 is 10.6 Å². The van der Waals surface area contributed by atoms with Crippen molar-refractivity contribution >= 4 is 17.8 Å². The van der Waals surface area contributed by atoms with E-state index in [1.165, 1.54) is 0 Å². The summed E-state index contributed by atoms with van der Waals surface area (Å²) in [4.78, 5) is 38.1. The highest BCUT2D eigenvalue weighted by atomic mass is 16.2. The SMILES string of the molecule is CC1(NC(=O)CN2C(=O)NC3(CCCCC3)C2=O)CCCC1. The first kappa shape index (κ1) is 15.3. The Kier molecular flexibility index (Phi) is 3.87. The molecule has 6 nitrogen and oxygen atoms in total. The van der Waals surface area contributed by atoms with Gasteiger partial charge in [0.25, 0.3) is 5.91 Å². The van der Waals surface area contributed by atoms with E-state index in [0.717, 1.165) is 49.8 Å². The van der Waals surface area contributed by atoms with Crippen LogP contribution in [-0.2, 0) is 9.59 Å². The maximum atomic E-state index is 12.6. The van der Waals surface area contributed by atoms with Gasteiger partial charge in [-0.2, -0.15) is 0 Å². The molecule has 2 aliphatic carbocycles. The number of carbonyl (C=O) groups is 3. The zero-order chi connectivity index (χ0) is 15.8. The van der Waals surface area contributed by atoms with Gasteiger partial charge in [-0.3, -0.25) is 14.5 Å². The Morgan fingerprint density at radius 1 is 1.09 bits per heavy atom. The number of nitrogens with one attached hydrogen (secondary N) is 2. The predicted molar refractivity (Wildman–Crippen MR) is 81.1 cm³/mol. The van der Waals surface area contributed by atoms with E-state index in [1.807, 2.05) is 6.92 Å². The molecular formula is C16H25N3O3. The van der Waals surface area contributed by atoms with E-state index < -0.39 is 11.6 Å². The molecule has 0 aromatic rings. The fourth-order valence-electron chi connectivity index (χ4n) is 4.11. The number of hydrogen-bond acceptors (Lipinski definition) is 3. The van der Waals surface area contributed by atoms with Gasteiger partial charge in [0.15, 0.2) is 0 Å². The van der Waals surface area contributed by atoms with E-state index in [1.54, 1.807) is 0 Å². The molecule has 4 amide bonds. The molecule has 3 fully saturated rings. The monoisotopic (exact) mass is 307 g/mol. The Bertz CT molecular complexity index is 491. The molecule has 122 valence electrons. The van der Waals surface area contributed by atoms with Gasteiger partial charge >= 0.3 is 6.03 Å². The van der Waals surface area contributed by atoms with Gasteiger partial charge < -0.3 is 10.6 Å². The standard InChI is InChI=1S/C16H25N3O3/c1-15(7-5-6-8-15)17-12(20)11-19-13(21)16(18-14(19)22)9-3-2-4-10-16/h2-11H2,1H3,(H,17,20)(H,18,22). The average Bonchev–Trinajstić information content (AvgIpc) is 2.98. The third-order valence-corrected chi connectivity index (χ3v) is 5.40. The zero-order valence-electron chi connectivity index (χ0n) is 13.2. The van der Waals surface area contributed by atoms with Crippen LogP contribution in [0.4, 0.5) is 4.79 Å². The maximum Gasteiger partial charge on any atom is 0.325 e. The van der Waals surface area contributed by atoms with Crippen molar-refractivity contribution in [2.45, 2.75) is 75.8 Å². The van der Waals surface area contributed by atoms with Gasteiger partial charge in [0.05, 0.1) is 0 Å². The van der Waals surface area contributed by atoms with E-state index in [2.05, 4.69) is 10.6 Å². The summed E-state index contributed by atoms with van der Waals surface area (Å²) in [5.74, 6) is -0.454. The van der Waals surface area contributed by atoms with Crippen molar-refractivity contribution in [1.82, 2.24) is 15.5 Å². The highest BCUT2D eigenvalue weighted by Gasteiger charge is 2.51. The normalized spacial score (nSPS) is 26.3. The number of nitrogens with zero attached hydrogens (tertiary/aromatic N) is 1. The fourth-order valence-corrected chi connectivity index (χ4v) is 4.11. The van der Waals surface area contributed by atoms with Crippen molar-refractivity contribution in [2.24, 2.45) is 0 Å². The third kappa shape index (κ3) is 2.71. The van der Waals surface area contributed by atoms with Crippen molar-refractivity contribution in [1.29, 1.82) is 0 Å². The predicted octanol–water partition coefficient (Wildman–Crippen LogP) is 1.69. The first-order chi connectivity index (χ1) is 10.4. The highest BCUT2D eigenvalue weighted by Crippen LogP contribution is 2.33. The smallest absolute Gasteiger partial charge is 0.325 e. The molecule has 0 bridgehead atoms. The minimum absolute atomic E-state index is 0.165. The lowest BCUT2D eigenvalue weighted by molar-refractivity contribution is -0.136. The van der Waals surface area contributed by atoms with Gasteiger partial charge in [-0.1, -0.05) is 32.1 Å². The lowest BCUT2D eigenvalue weighted by Gasteiger charge is -2.30. The van der Waals surface area contributed by atoms with E-state index in [4.69, 9.17) is 0 Å². The summed E-state index contributed by atoms with van der Waals surface area (Å²) in [6.07, 6.45) is 8.52. The van der Waals surface area contributed by atoms with Gasteiger partial charge in [-0.15, -0.1) is 0 Å². The van der Waals surface area contributed by atoms with Crippen LogP contribution in [0.5, 0.6) is 0 Å². The summed E-state index contributed by atoms with van der Waals surface area (Å²) in [5, 5.41) is 5.84. The van der Waals surface area contributed by atoms with E-state index >= 15 is 0 Å². The van der Waals surface area contributed by atoms with Crippen LogP contribution >= 0.6 is 0 Å².